The first kappa shape index (κ1) is 54.0. The van der Waals surface area contributed by atoms with Crippen molar-refractivity contribution in [3.8, 4) is 23.0 Å². The first-order chi connectivity index (χ1) is 33.0. The number of nitrogens with one attached hydrogen (secondary N) is 2. The molecule has 0 spiro atoms. The number of halogens is 11. The van der Waals surface area contributed by atoms with Crippen molar-refractivity contribution >= 4 is 60.0 Å². The number of aromatic nitrogens is 5. The van der Waals surface area contributed by atoms with E-state index in [1.165, 1.54) is 33.0 Å². The van der Waals surface area contributed by atoms with Gasteiger partial charge in [0.2, 0.25) is 15.9 Å². The molecule has 0 bridgehead atoms. The minimum atomic E-state index is -5.22. The average molecular weight is 1080 g/mol. The molecule has 3 aromatic heterocycles. The molecule has 2 aromatic carbocycles. The van der Waals surface area contributed by atoms with E-state index in [4.69, 9.17) is 11.6 Å². The van der Waals surface area contributed by atoms with Crippen LogP contribution in [-0.2, 0) is 61.1 Å². The fourth-order valence-corrected chi connectivity index (χ4v) is 10.0. The first-order valence-electron chi connectivity index (χ1n) is 21.6. The number of pyridine rings is 1. The van der Waals surface area contributed by atoms with Crippen LogP contribution in [0.25, 0.3) is 22.0 Å². The van der Waals surface area contributed by atoms with Gasteiger partial charge in [-0.05, 0) is 87.4 Å². The zero-order valence-corrected chi connectivity index (χ0v) is 41.3. The van der Waals surface area contributed by atoms with Crippen LogP contribution >= 0.6 is 11.6 Å². The Labute approximate surface area is 410 Å². The van der Waals surface area contributed by atoms with Gasteiger partial charge in [0.05, 0.1) is 40.0 Å². The summed E-state index contributed by atoms with van der Waals surface area (Å²) in [5.41, 5.74) is -5.70. The Morgan fingerprint density at radius 3 is 2.12 bits per heavy atom. The molecule has 5 aromatic rings. The summed E-state index contributed by atoms with van der Waals surface area (Å²) in [5, 5.41) is 11.6. The number of carbonyl (C=O) groups is 2. The predicted molar refractivity (Wildman–Crippen MR) is 243 cm³/mol. The Kier molecular flexibility index (Phi) is 14.0. The van der Waals surface area contributed by atoms with Gasteiger partial charge in [-0.15, -0.1) is 0 Å². The van der Waals surface area contributed by atoms with Gasteiger partial charge in [0, 0.05) is 34.9 Å². The fraction of sp³-hybridized carbons (Fsp3) is 0.444. The molecular formula is C45H43ClF10N8O6S2. The molecule has 14 nitrogen and oxygen atoms in total. The van der Waals surface area contributed by atoms with Crippen molar-refractivity contribution in [2.45, 2.75) is 94.6 Å². The van der Waals surface area contributed by atoms with E-state index >= 15 is 8.78 Å². The highest BCUT2D eigenvalue weighted by atomic mass is 35.5. The number of anilines is 1. The molecule has 72 heavy (non-hydrogen) atoms. The topological polar surface area (TPSA) is 178 Å². The van der Waals surface area contributed by atoms with E-state index in [-0.39, 0.29) is 37.8 Å². The fourth-order valence-electron chi connectivity index (χ4n) is 8.69. The number of nitrogens with zero attached hydrogens (tertiary/aromatic N) is 6. The molecule has 2 unspecified atom stereocenters. The lowest BCUT2D eigenvalue weighted by atomic mass is 9.93. The van der Waals surface area contributed by atoms with Gasteiger partial charge < -0.3 is 10.6 Å². The highest BCUT2D eigenvalue weighted by Crippen LogP contribution is 2.68. The van der Waals surface area contributed by atoms with Crippen LogP contribution in [0.3, 0.4) is 0 Å². The third-order valence-corrected chi connectivity index (χ3v) is 15.6. The molecule has 2 aliphatic rings. The van der Waals surface area contributed by atoms with Gasteiger partial charge in [0.1, 0.15) is 40.9 Å². The number of hydrogen-bond acceptors (Lipinski definition) is 10. The van der Waals surface area contributed by atoms with Crippen LogP contribution in [0.4, 0.5) is 49.7 Å². The molecule has 3 heterocycles. The monoisotopic (exact) mass is 1080 g/mol. The van der Waals surface area contributed by atoms with Crippen molar-refractivity contribution in [1.82, 2.24) is 35.2 Å². The van der Waals surface area contributed by atoms with Crippen LogP contribution in [0.5, 0.6) is 0 Å². The molecule has 1 saturated carbocycles. The Morgan fingerprint density at radius 1 is 0.944 bits per heavy atom. The maximum absolute atomic E-state index is 15.6. The van der Waals surface area contributed by atoms with Crippen LogP contribution in [0.1, 0.15) is 80.0 Å². The molecule has 2 amide bonds. The molecule has 2 aliphatic carbocycles. The molecule has 388 valence electrons. The second-order valence-corrected chi connectivity index (χ2v) is 23.2. The number of carbonyl (C=O) groups excluding carboxylic acids is 2. The number of rotatable bonds is 14. The largest absolute Gasteiger partial charge is 0.435 e. The van der Waals surface area contributed by atoms with Gasteiger partial charge in [-0.3, -0.25) is 19.0 Å². The molecule has 0 aliphatic heterocycles. The molecular weight excluding hydrogens is 1040 g/mol. The Balaban J connectivity index is 1.50. The van der Waals surface area contributed by atoms with E-state index < -0.39 is 160 Å². The molecule has 0 radical (unpaired) electrons. The average Bonchev–Trinajstić information content (AvgIpc) is 3.74. The summed E-state index contributed by atoms with van der Waals surface area (Å²) in [6.07, 6.45) is -9.79. The van der Waals surface area contributed by atoms with Gasteiger partial charge in [0.25, 0.3) is 11.8 Å². The Hall–Kier alpha value is -5.78. The van der Waals surface area contributed by atoms with Gasteiger partial charge in [-0.25, -0.2) is 30.6 Å². The summed E-state index contributed by atoms with van der Waals surface area (Å²) >= 11 is 6.69. The van der Waals surface area contributed by atoms with E-state index in [2.05, 4.69) is 37.7 Å². The summed E-state index contributed by atoms with van der Waals surface area (Å²) in [5.74, 6) is -7.60. The zero-order chi connectivity index (χ0) is 53.6. The summed E-state index contributed by atoms with van der Waals surface area (Å²) in [6, 6.07) is 3.69. The van der Waals surface area contributed by atoms with Gasteiger partial charge in [-0.1, -0.05) is 37.4 Å². The summed E-state index contributed by atoms with van der Waals surface area (Å²) in [4.78, 5) is 32.8. The lowest BCUT2D eigenvalue weighted by Gasteiger charge is -2.26. The van der Waals surface area contributed by atoms with Crippen molar-refractivity contribution in [3.63, 3.8) is 0 Å². The number of fused-ring (bicyclic) bond motifs is 4. The number of likely N-dealkylation sites (N-methyl/N-ethyl adjacent to an activating group) is 1. The van der Waals surface area contributed by atoms with Crippen molar-refractivity contribution in [2.24, 2.45) is 11.8 Å². The van der Waals surface area contributed by atoms with Gasteiger partial charge in [0.15, 0.2) is 21.3 Å². The van der Waals surface area contributed by atoms with Crippen LogP contribution in [0.15, 0.2) is 42.5 Å². The lowest BCUT2D eigenvalue weighted by Crippen LogP contribution is -2.50. The smallest absolute Gasteiger partial charge is 0.346 e. The van der Waals surface area contributed by atoms with E-state index in [1.54, 1.807) is 13.8 Å². The Morgan fingerprint density at radius 2 is 1.57 bits per heavy atom. The van der Waals surface area contributed by atoms with Crippen molar-refractivity contribution < 1.29 is 70.3 Å². The number of hydrogen-bond donors (Lipinski definition) is 2. The minimum absolute atomic E-state index is 0.186. The number of benzene rings is 2. The van der Waals surface area contributed by atoms with Crippen LogP contribution in [-0.4, -0.2) is 89.7 Å². The molecule has 2 N–H and O–H groups in total. The summed E-state index contributed by atoms with van der Waals surface area (Å²) in [7, 11) is -7.30. The van der Waals surface area contributed by atoms with Gasteiger partial charge in [-0.2, -0.15) is 49.6 Å². The quantitative estimate of drug-likeness (QED) is 0.0823. The maximum Gasteiger partial charge on any atom is 0.435 e. The highest BCUT2D eigenvalue weighted by molar-refractivity contribution is 7.93. The summed E-state index contributed by atoms with van der Waals surface area (Å²) in [6.45, 7) is 2.38. The molecule has 4 atom stereocenters. The number of sulfone groups is 1. The van der Waals surface area contributed by atoms with Crippen molar-refractivity contribution in [1.29, 1.82) is 0 Å². The third-order valence-electron chi connectivity index (χ3n) is 12.3. The minimum Gasteiger partial charge on any atom is -0.346 e. The normalized spacial score (nSPS) is 17.5. The van der Waals surface area contributed by atoms with E-state index in [0.717, 1.165) is 30.5 Å². The summed E-state index contributed by atoms with van der Waals surface area (Å²) < 4.78 is 199. The molecule has 0 saturated heterocycles. The molecule has 7 rings (SSSR count). The molecule has 1 fully saturated rings. The van der Waals surface area contributed by atoms with Crippen LogP contribution in [0, 0.1) is 35.3 Å². The molecule has 27 heteroatoms. The second-order valence-electron chi connectivity index (χ2n) is 18.4. The maximum atomic E-state index is 15.6. The zero-order valence-electron chi connectivity index (χ0n) is 38.9. The number of sulfonamides is 1. The predicted octanol–water partition coefficient (Wildman–Crippen LogP) is 7.83. The van der Waals surface area contributed by atoms with Crippen LogP contribution < -0.4 is 14.9 Å². The standard InChI is InChI=1S/C45H43ClF10N8O6S2/c1-21(2)35(57-5)41(66)64(72(7,69)70)40-34-30(46)11-10-27(37(34)63(61-40)20-43(49,50)51)26-9-8-25(12-13-42(3,4)71(6,67)68)58-36(26)31(16-22-14-23(47)17-24(48)15-22)59-32(65)19-62-39-33(38(60-62)45(54,55)56)28-18-29(28)44(39,52)53/h8-11,14-15,17,21,28-29,31,35,57H,16,18-20H2,1-7H3,(H,59,65)/t28-,29+,31?,35?/m0/s1. The Bertz CT molecular complexity index is 3310. The third kappa shape index (κ3) is 10.5. The van der Waals surface area contributed by atoms with Crippen LogP contribution in [0.2, 0.25) is 5.02 Å². The number of amides is 2. The lowest BCUT2D eigenvalue weighted by molar-refractivity contribution is -0.143. The van der Waals surface area contributed by atoms with E-state index in [0.29, 0.717) is 17.0 Å². The number of alkyl halides is 8. The van der Waals surface area contributed by atoms with E-state index in [9.17, 15) is 61.5 Å². The highest BCUT2D eigenvalue weighted by Gasteiger charge is 2.68. The SMILES string of the molecule is CNC(C(=O)N(c1nn(CC(F)(F)F)c2c(-c3ccc(C#CC(C)(C)S(C)(=O)=O)nc3C(Cc3cc(F)cc(F)c3)NC(=O)Cn3nc(C(F)(F)F)c4c3C(F)(F)[C@@H]3C[C@H]43)ccc(Cl)c12)S(C)(=O)=O)C(C)C. The first-order valence-corrected chi connectivity index (χ1v) is 25.7. The van der Waals surface area contributed by atoms with E-state index in [1.807, 2.05) is 0 Å². The van der Waals surface area contributed by atoms with Crippen molar-refractivity contribution in [3.05, 3.63) is 93.0 Å². The van der Waals surface area contributed by atoms with Gasteiger partial charge >= 0.3 is 12.4 Å². The second kappa shape index (κ2) is 18.6. The van der Waals surface area contributed by atoms with Crippen molar-refractivity contribution in [2.75, 3.05) is 23.9 Å².